The Morgan fingerprint density at radius 3 is 2.56 bits per heavy atom. The minimum atomic E-state index is 0.556. The van der Waals surface area contributed by atoms with Gasteiger partial charge in [-0.2, -0.15) is 0 Å². The monoisotopic (exact) mass is 212 g/mol. The van der Waals surface area contributed by atoms with Gasteiger partial charge in [-0.3, -0.25) is 4.98 Å². The van der Waals surface area contributed by atoms with Crippen LogP contribution in [0.1, 0.15) is 16.7 Å². The van der Waals surface area contributed by atoms with Gasteiger partial charge in [0.05, 0.1) is 5.69 Å². The molecular weight excluding hydrogens is 196 g/mol. The van der Waals surface area contributed by atoms with Crippen LogP contribution in [0.2, 0.25) is 0 Å². The second-order valence-corrected chi connectivity index (χ2v) is 4.05. The van der Waals surface area contributed by atoms with Crippen LogP contribution in [0, 0.1) is 13.8 Å². The number of aryl methyl sites for hydroxylation is 2. The van der Waals surface area contributed by atoms with Gasteiger partial charge in [-0.25, -0.2) is 0 Å². The van der Waals surface area contributed by atoms with E-state index in [1.807, 2.05) is 18.3 Å². The first-order valence-corrected chi connectivity index (χ1v) is 5.43. The molecule has 1 aromatic carbocycles. The number of nitrogens with zero attached hydrogens (tertiary/aromatic N) is 1. The molecule has 0 aliphatic carbocycles. The van der Waals surface area contributed by atoms with E-state index < -0.39 is 0 Å². The molecule has 0 aliphatic heterocycles. The van der Waals surface area contributed by atoms with Gasteiger partial charge in [-0.1, -0.05) is 12.1 Å². The molecule has 0 saturated heterocycles. The lowest BCUT2D eigenvalue weighted by molar-refractivity contribution is 1.06. The van der Waals surface area contributed by atoms with Crippen LogP contribution in [0.25, 0.3) is 11.3 Å². The fourth-order valence-corrected chi connectivity index (χ4v) is 1.66. The van der Waals surface area contributed by atoms with Crippen molar-refractivity contribution in [2.24, 2.45) is 5.73 Å². The Morgan fingerprint density at radius 1 is 1.06 bits per heavy atom. The van der Waals surface area contributed by atoms with Crippen molar-refractivity contribution in [1.29, 1.82) is 0 Å². The number of hydrogen-bond donors (Lipinski definition) is 1. The molecule has 0 fully saturated rings. The van der Waals surface area contributed by atoms with Crippen molar-refractivity contribution < 1.29 is 0 Å². The zero-order valence-electron chi connectivity index (χ0n) is 9.70. The van der Waals surface area contributed by atoms with E-state index >= 15 is 0 Å². The molecule has 16 heavy (non-hydrogen) atoms. The van der Waals surface area contributed by atoms with Gasteiger partial charge in [-0.05, 0) is 48.7 Å². The van der Waals surface area contributed by atoms with Gasteiger partial charge in [0, 0.05) is 18.3 Å². The highest BCUT2D eigenvalue weighted by Crippen LogP contribution is 2.20. The van der Waals surface area contributed by atoms with Crippen LogP contribution in [0.15, 0.2) is 36.5 Å². The summed E-state index contributed by atoms with van der Waals surface area (Å²) in [6.07, 6.45) is 1.81. The van der Waals surface area contributed by atoms with E-state index in [0.29, 0.717) is 6.54 Å². The van der Waals surface area contributed by atoms with Crippen LogP contribution < -0.4 is 5.73 Å². The lowest BCUT2D eigenvalue weighted by atomic mass is 10.0. The van der Waals surface area contributed by atoms with Crippen molar-refractivity contribution in [1.82, 2.24) is 4.98 Å². The molecule has 1 heterocycles. The van der Waals surface area contributed by atoms with Gasteiger partial charge in [0.15, 0.2) is 0 Å². The molecule has 2 aromatic rings. The van der Waals surface area contributed by atoms with Gasteiger partial charge in [0.25, 0.3) is 0 Å². The van der Waals surface area contributed by atoms with Crippen molar-refractivity contribution >= 4 is 0 Å². The molecule has 2 N–H and O–H groups in total. The van der Waals surface area contributed by atoms with E-state index in [0.717, 1.165) is 16.8 Å². The summed E-state index contributed by atoms with van der Waals surface area (Å²) in [5, 5.41) is 0. The topological polar surface area (TPSA) is 38.9 Å². The van der Waals surface area contributed by atoms with E-state index in [1.54, 1.807) is 0 Å². The Morgan fingerprint density at radius 2 is 1.88 bits per heavy atom. The molecule has 0 saturated carbocycles. The van der Waals surface area contributed by atoms with E-state index in [2.05, 4.69) is 37.0 Å². The summed E-state index contributed by atoms with van der Waals surface area (Å²) in [4.78, 5) is 4.37. The van der Waals surface area contributed by atoms with E-state index in [-0.39, 0.29) is 0 Å². The van der Waals surface area contributed by atoms with E-state index in [1.165, 1.54) is 11.1 Å². The average molecular weight is 212 g/mol. The van der Waals surface area contributed by atoms with Crippen molar-refractivity contribution in [3.63, 3.8) is 0 Å². The number of pyridine rings is 1. The molecule has 0 aliphatic rings. The zero-order chi connectivity index (χ0) is 11.5. The first kappa shape index (κ1) is 10.8. The molecular formula is C14H16N2. The minimum Gasteiger partial charge on any atom is -0.326 e. The van der Waals surface area contributed by atoms with Gasteiger partial charge in [0.2, 0.25) is 0 Å². The smallest absolute Gasteiger partial charge is 0.0705 e. The van der Waals surface area contributed by atoms with E-state index in [4.69, 9.17) is 5.73 Å². The van der Waals surface area contributed by atoms with Gasteiger partial charge in [-0.15, -0.1) is 0 Å². The highest BCUT2D eigenvalue weighted by Gasteiger charge is 2.01. The number of nitrogens with two attached hydrogens (primary N) is 1. The van der Waals surface area contributed by atoms with Crippen molar-refractivity contribution in [3.8, 4) is 11.3 Å². The van der Waals surface area contributed by atoms with Crippen LogP contribution in [0.4, 0.5) is 0 Å². The fourth-order valence-electron chi connectivity index (χ4n) is 1.66. The maximum absolute atomic E-state index is 5.62. The SMILES string of the molecule is Cc1ccc(-c2cc(CN)ccn2)cc1C. The summed E-state index contributed by atoms with van der Waals surface area (Å²) in [7, 11) is 0. The van der Waals surface area contributed by atoms with Crippen LogP contribution in [0.5, 0.6) is 0 Å². The standard InChI is InChI=1S/C14H16N2/c1-10-3-4-13(7-11(10)2)14-8-12(9-15)5-6-16-14/h3-8H,9,15H2,1-2H3. The quantitative estimate of drug-likeness (QED) is 0.831. The predicted molar refractivity (Wildman–Crippen MR) is 67.0 cm³/mol. The first-order valence-electron chi connectivity index (χ1n) is 5.43. The first-order chi connectivity index (χ1) is 7.70. The summed E-state index contributed by atoms with van der Waals surface area (Å²) in [5.41, 5.74) is 11.5. The summed E-state index contributed by atoms with van der Waals surface area (Å²) in [6, 6.07) is 10.4. The van der Waals surface area contributed by atoms with Gasteiger partial charge >= 0.3 is 0 Å². The number of hydrogen-bond acceptors (Lipinski definition) is 2. The summed E-state index contributed by atoms with van der Waals surface area (Å²) < 4.78 is 0. The van der Waals surface area contributed by atoms with Gasteiger partial charge in [0.1, 0.15) is 0 Å². The van der Waals surface area contributed by atoms with Crippen LogP contribution in [-0.4, -0.2) is 4.98 Å². The Hall–Kier alpha value is -1.67. The highest BCUT2D eigenvalue weighted by atomic mass is 14.7. The Kier molecular flexibility index (Phi) is 3.02. The Bertz CT molecular complexity index is 504. The van der Waals surface area contributed by atoms with Crippen LogP contribution in [0.3, 0.4) is 0 Å². The molecule has 2 nitrogen and oxygen atoms in total. The van der Waals surface area contributed by atoms with Gasteiger partial charge < -0.3 is 5.73 Å². The van der Waals surface area contributed by atoms with Crippen molar-refractivity contribution in [2.45, 2.75) is 20.4 Å². The normalized spacial score (nSPS) is 10.4. The molecule has 1 aromatic heterocycles. The maximum Gasteiger partial charge on any atom is 0.0705 e. The summed E-state index contributed by atoms with van der Waals surface area (Å²) in [5.74, 6) is 0. The second kappa shape index (κ2) is 4.45. The third kappa shape index (κ3) is 2.12. The summed E-state index contributed by atoms with van der Waals surface area (Å²) >= 11 is 0. The molecule has 82 valence electrons. The minimum absolute atomic E-state index is 0.556. The van der Waals surface area contributed by atoms with Crippen molar-refractivity contribution in [3.05, 3.63) is 53.2 Å². The van der Waals surface area contributed by atoms with Crippen LogP contribution in [-0.2, 0) is 6.54 Å². The highest BCUT2D eigenvalue weighted by molar-refractivity contribution is 5.61. The summed E-state index contributed by atoms with van der Waals surface area (Å²) in [6.45, 7) is 4.79. The second-order valence-electron chi connectivity index (χ2n) is 4.05. The molecule has 0 bridgehead atoms. The molecule has 0 amide bonds. The molecule has 0 spiro atoms. The lowest BCUT2D eigenvalue weighted by Gasteiger charge is -2.06. The third-order valence-electron chi connectivity index (χ3n) is 2.86. The number of benzene rings is 1. The van der Waals surface area contributed by atoms with Crippen molar-refractivity contribution in [2.75, 3.05) is 0 Å². The molecule has 0 unspecified atom stereocenters. The fraction of sp³-hybridized carbons (Fsp3) is 0.214. The Labute approximate surface area is 96.1 Å². The molecule has 2 rings (SSSR count). The molecule has 0 radical (unpaired) electrons. The molecule has 0 atom stereocenters. The average Bonchev–Trinajstić information content (AvgIpc) is 2.33. The third-order valence-corrected chi connectivity index (χ3v) is 2.86. The lowest BCUT2D eigenvalue weighted by Crippen LogP contribution is -1.97. The number of rotatable bonds is 2. The maximum atomic E-state index is 5.62. The molecule has 2 heteroatoms. The Balaban J connectivity index is 2.46. The predicted octanol–water partition coefficient (Wildman–Crippen LogP) is 2.82. The van der Waals surface area contributed by atoms with Crippen LogP contribution >= 0.6 is 0 Å². The number of aromatic nitrogens is 1. The zero-order valence-corrected chi connectivity index (χ0v) is 9.70. The van der Waals surface area contributed by atoms with E-state index in [9.17, 15) is 0 Å². The largest absolute Gasteiger partial charge is 0.326 e.